The number of rotatable bonds is 4. The quantitative estimate of drug-likeness (QED) is 0.660. The van der Waals surface area contributed by atoms with Crippen LogP contribution in [-0.4, -0.2) is 11.9 Å². The van der Waals surface area contributed by atoms with Crippen molar-refractivity contribution in [2.45, 2.75) is 12.7 Å². The lowest BCUT2D eigenvalue weighted by atomic mass is 10.1. The van der Waals surface area contributed by atoms with Gasteiger partial charge in [-0.05, 0) is 11.6 Å². The molecular formula is C10H11BrF3N. The zero-order chi connectivity index (χ0) is 11.3. The van der Waals surface area contributed by atoms with Gasteiger partial charge in [-0.1, -0.05) is 34.1 Å². The van der Waals surface area contributed by atoms with E-state index in [1.165, 1.54) is 12.1 Å². The van der Waals surface area contributed by atoms with Crippen molar-refractivity contribution in [3.63, 3.8) is 0 Å². The lowest BCUT2D eigenvalue weighted by Crippen LogP contribution is -2.16. The molecule has 0 atom stereocenters. The maximum atomic E-state index is 12.3. The molecule has 0 heterocycles. The molecule has 1 aromatic rings. The van der Waals surface area contributed by atoms with Crippen molar-refractivity contribution in [2.24, 2.45) is 0 Å². The van der Waals surface area contributed by atoms with Gasteiger partial charge < -0.3 is 5.32 Å². The van der Waals surface area contributed by atoms with Gasteiger partial charge in [-0.3, -0.25) is 0 Å². The second-order valence-corrected chi connectivity index (χ2v) is 3.86. The molecule has 0 amide bonds. The first-order valence-electron chi connectivity index (χ1n) is 4.47. The molecule has 0 saturated carbocycles. The number of nitrogens with one attached hydrogen (secondary N) is 1. The van der Waals surface area contributed by atoms with E-state index in [0.29, 0.717) is 12.1 Å². The molecule has 0 radical (unpaired) electrons. The topological polar surface area (TPSA) is 12.0 Å². The van der Waals surface area contributed by atoms with Crippen molar-refractivity contribution >= 4 is 15.9 Å². The summed E-state index contributed by atoms with van der Waals surface area (Å²) >= 11 is 3.23. The maximum absolute atomic E-state index is 12.3. The summed E-state index contributed by atoms with van der Waals surface area (Å²) in [6, 6.07) is 5.35. The molecule has 1 aromatic carbocycles. The van der Waals surface area contributed by atoms with Gasteiger partial charge in [0.2, 0.25) is 0 Å². The molecule has 1 N–H and O–H groups in total. The minimum Gasteiger partial charge on any atom is -0.312 e. The number of hydrogen-bond acceptors (Lipinski definition) is 1. The molecule has 0 saturated heterocycles. The lowest BCUT2D eigenvalue weighted by molar-refractivity contribution is -0.137. The molecule has 0 unspecified atom stereocenters. The van der Waals surface area contributed by atoms with Crippen molar-refractivity contribution in [1.82, 2.24) is 5.32 Å². The van der Waals surface area contributed by atoms with Gasteiger partial charge in [0.1, 0.15) is 0 Å². The van der Waals surface area contributed by atoms with E-state index in [-0.39, 0.29) is 0 Å². The van der Waals surface area contributed by atoms with Crippen LogP contribution >= 0.6 is 15.9 Å². The monoisotopic (exact) mass is 281 g/mol. The summed E-state index contributed by atoms with van der Waals surface area (Å²) in [7, 11) is 0. The zero-order valence-corrected chi connectivity index (χ0v) is 9.53. The van der Waals surface area contributed by atoms with Crippen LogP contribution in [0.3, 0.4) is 0 Å². The molecule has 15 heavy (non-hydrogen) atoms. The van der Waals surface area contributed by atoms with Gasteiger partial charge in [-0.15, -0.1) is 0 Å². The third kappa shape index (κ3) is 4.22. The average molecular weight is 282 g/mol. The van der Waals surface area contributed by atoms with Gasteiger partial charge in [0.25, 0.3) is 0 Å². The fraction of sp³-hybridized carbons (Fsp3) is 0.400. The molecule has 1 nitrogen and oxygen atoms in total. The molecule has 0 aliphatic rings. The summed E-state index contributed by atoms with van der Waals surface area (Å²) in [5.41, 5.74) is 0.0476. The van der Waals surface area contributed by atoms with Crippen molar-refractivity contribution < 1.29 is 13.2 Å². The Labute approximate surface area is 94.8 Å². The summed E-state index contributed by atoms with van der Waals surface area (Å²) in [6.07, 6.45) is -4.26. The summed E-state index contributed by atoms with van der Waals surface area (Å²) in [6.45, 7) is 1.19. The number of hydrogen-bond donors (Lipinski definition) is 1. The Morgan fingerprint density at radius 3 is 2.60 bits per heavy atom. The number of alkyl halides is 4. The van der Waals surface area contributed by atoms with Crippen LogP contribution in [0.2, 0.25) is 0 Å². The Hall–Kier alpha value is -0.550. The number of halogens is 4. The highest BCUT2D eigenvalue weighted by atomic mass is 79.9. The van der Waals surface area contributed by atoms with E-state index in [1.807, 2.05) is 0 Å². The first kappa shape index (κ1) is 12.5. The molecule has 0 fully saturated rings. The molecule has 84 valence electrons. The van der Waals surface area contributed by atoms with Crippen molar-refractivity contribution in [1.29, 1.82) is 0 Å². The van der Waals surface area contributed by atoms with Gasteiger partial charge >= 0.3 is 6.18 Å². The van der Waals surface area contributed by atoms with Crippen LogP contribution < -0.4 is 5.32 Å². The van der Waals surface area contributed by atoms with E-state index in [0.717, 1.165) is 17.9 Å². The fourth-order valence-corrected chi connectivity index (χ4v) is 1.44. The Morgan fingerprint density at radius 2 is 2.00 bits per heavy atom. The SMILES string of the molecule is FC(F)(F)c1cccc(CNCCBr)c1. The zero-order valence-electron chi connectivity index (χ0n) is 7.94. The smallest absolute Gasteiger partial charge is 0.312 e. The third-order valence-electron chi connectivity index (χ3n) is 1.85. The second-order valence-electron chi connectivity index (χ2n) is 3.06. The normalized spacial score (nSPS) is 11.7. The number of benzene rings is 1. The van der Waals surface area contributed by atoms with Crippen LogP contribution in [0.4, 0.5) is 13.2 Å². The van der Waals surface area contributed by atoms with Crippen LogP contribution in [0.1, 0.15) is 11.1 Å². The van der Waals surface area contributed by atoms with Crippen LogP contribution in [0.5, 0.6) is 0 Å². The van der Waals surface area contributed by atoms with Gasteiger partial charge in [0.05, 0.1) is 5.56 Å². The van der Waals surface area contributed by atoms with E-state index in [9.17, 15) is 13.2 Å². The summed E-state index contributed by atoms with van der Waals surface area (Å²) in [5, 5.41) is 3.80. The summed E-state index contributed by atoms with van der Waals surface area (Å²) < 4.78 is 37.0. The maximum Gasteiger partial charge on any atom is 0.416 e. The van der Waals surface area contributed by atoms with Crippen LogP contribution in [0.25, 0.3) is 0 Å². The first-order valence-corrected chi connectivity index (χ1v) is 5.59. The fourth-order valence-electron chi connectivity index (χ4n) is 1.16. The van der Waals surface area contributed by atoms with Crippen LogP contribution in [-0.2, 0) is 12.7 Å². The van der Waals surface area contributed by atoms with Crippen molar-refractivity contribution in [3.8, 4) is 0 Å². The Bertz CT molecular complexity index is 312. The second kappa shape index (κ2) is 5.51. The van der Waals surface area contributed by atoms with Crippen molar-refractivity contribution in [2.75, 3.05) is 11.9 Å². The Morgan fingerprint density at radius 1 is 1.27 bits per heavy atom. The summed E-state index contributed by atoms with van der Waals surface area (Å²) in [5.74, 6) is 0. The Balaban J connectivity index is 2.66. The van der Waals surface area contributed by atoms with E-state index in [4.69, 9.17) is 0 Å². The van der Waals surface area contributed by atoms with E-state index >= 15 is 0 Å². The summed E-state index contributed by atoms with van der Waals surface area (Å²) in [4.78, 5) is 0. The third-order valence-corrected chi connectivity index (χ3v) is 2.25. The van der Waals surface area contributed by atoms with Crippen LogP contribution in [0.15, 0.2) is 24.3 Å². The molecule has 0 aromatic heterocycles. The standard InChI is InChI=1S/C10H11BrF3N/c11-4-5-15-7-8-2-1-3-9(6-8)10(12,13)14/h1-3,6,15H,4-5,7H2. The van der Waals surface area contributed by atoms with Gasteiger partial charge in [-0.2, -0.15) is 13.2 Å². The highest BCUT2D eigenvalue weighted by molar-refractivity contribution is 9.09. The van der Waals surface area contributed by atoms with E-state index in [1.54, 1.807) is 6.07 Å². The van der Waals surface area contributed by atoms with E-state index in [2.05, 4.69) is 21.2 Å². The van der Waals surface area contributed by atoms with E-state index < -0.39 is 11.7 Å². The predicted molar refractivity (Wildman–Crippen MR) is 56.9 cm³/mol. The molecule has 1 rings (SSSR count). The average Bonchev–Trinajstić information content (AvgIpc) is 2.17. The Kier molecular flexibility index (Phi) is 4.60. The van der Waals surface area contributed by atoms with Gasteiger partial charge in [0.15, 0.2) is 0 Å². The molecule has 0 aliphatic carbocycles. The van der Waals surface area contributed by atoms with Crippen molar-refractivity contribution in [3.05, 3.63) is 35.4 Å². The van der Waals surface area contributed by atoms with Gasteiger partial charge in [-0.25, -0.2) is 0 Å². The molecule has 0 bridgehead atoms. The predicted octanol–water partition coefficient (Wildman–Crippen LogP) is 3.19. The first-order chi connectivity index (χ1) is 7.04. The highest BCUT2D eigenvalue weighted by Crippen LogP contribution is 2.29. The highest BCUT2D eigenvalue weighted by Gasteiger charge is 2.30. The molecule has 5 heteroatoms. The minimum atomic E-state index is -4.26. The minimum absolute atomic E-state index is 0.454. The molecule has 0 spiro atoms. The lowest BCUT2D eigenvalue weighted by Gasteiger charge is -2.08. The van der Waals surface area contributed by atoms with Crippen LogP contribution in [0, 0.1) is 0 Å². The largest absolute Gasteiger partial charge is 0.416 e. The molecule has 0 aliphatic heterocycles. The van der Waals surface area contributed by atoms with Gasteiger partial charge in [0, 0.05) is 18.4 Å². The molecular weight excluding hydrogens is 271 g/mol.